The van der Waals surface area contributed by atoms with Crippen molar-refractivity contribution in [1.82, 2.24) is 10.6 Å². The third-order valence-electron chi connectivity index (χ3n) is 3.69. The number of carbonyl (C=O) groups excluding carboxylic acids is 2. The SMILES string of the molecule is CCCCCOC(=O)C1=C(C)NC(=O)N[C@H]1c1ccccc1Cl. The Balaban J connectivity index is 2.25. The van der Waals surface area contributed by atoms with Crippen LogP contribution in [0.2, 0.25) is 5.02 Å². The van der Waals surface area contributed by atoms with Gasteiger partial charge in [0.25, 0.3) is 0 Å². The minimum Gasteiger partial charge on any atom is -0.462 e. The number of allylic oxidation sites excluding steroid dienone is 1. The average Bonchev–Trinajstić information content (AvgIpc) is 2.51. The van der Waals surface area contributed by atoms with Crippen LogP contribution >= 0.6 is 11.6 Å². The van der Waals surface area contributed by atoms with Gasteiger partial charge in [-0.15, -0.1) is 0 Å². The van der Waals surface area contributed by atoms with Crippen LogP contribution in [0.15, 0.2) is 35.5 Å². The summed E-state index contributed by atoms with van der Waals surface area (Å²) in [5.41, 5.74) is 1.54. The number of hydrogen-bond donors (Lipinski definition) is 2. The van der Waals surface area contributed by atoms with E-state index >= 15 is 0 Å². The van der Waals surface area contributed by atoms with Gasteiger partial charge in [0.1, 0.15) is 0 Å². The van der Waals surface area contributed by atoms with Crippen molar-refractivity contribution in [2.45, 2.75) is 39.2 Å². The van der Waals surface area contributed by atoms with Crippen LogP contribution < -0.4 is 10.6 Å². The average molecular weight is 337 g/mol. The molecule has 0 fully saturated rings. The molecule has 1 aromatic rings. The summed E-state index contributed by atoms with van der Waals surface area (Å²) in [5.74, 6) is -0.434. The van der Waals surface area contributed by atoms with Crippen molar-refractivity contribution in [2.75, 3.05) is 6.61 Å². The summed E-state index contributed by atoms with van der Waals surface area (Å²) in [7, 11) is 0. The molecule has 0 aromatic heterocycles. The van der Waals surface area contributed by atoms with Crippen molar-refractivity contribution < 1.29 is 14.3 Å². The standard InChI is InChI=1S/C17H21ClN2O3/c1-3-4-7-10-23-16(21)14-11(2)19-17(22)20-15(14)12-8-5-6-9-13(12)18/h5-6,8-9,15H,3-4,7,10H2,1-2H3,(H2,19,20,22)/t15-/m0/s1. The van der Waals surface area contributed by atoms with Gasteiger partial charge in [0.15, 0.2) is 0 Å². The number of carbonyl (C=O) groups is 2. The highest BCUT2D eigenvalue weighted by Crippen LogP contribution is 2.31. The van der Waals surface area contributed by atoms with Gasteiger partial charge in [-0.2, -0.15) is 0 Å². The number of nitrogens with one attached hydrogen (secondary N) is 2. The van der Waals surface area contributed by atoms with E-state index in [2.05, 4.69) is 17.6 Å². The van der Waals surface area contributed by atoms with Crippen molar-refractivity contribution in [1.29, 1.82) is 0 Å². The summed E-state index contributed by atoms with van der Waals surface area (Å²) in [6, 6.07) is 6.15. The number of ether oxygens (including phenoxy) is 1. The Bertz CT molecular complexity index is 628. The van der Waals surface area contributed by atoms with Crippen LogP contribution in [-0.2, 0) is 9.53 Å². The van der Waals surface area contributed by atoms with E-state index in [-0.39, 0.29) is 6.03 Å². The fraction of sp³-hybridized carbons (Fsp3) is 0.412. The van der Waals surface area contributed by atoms with Crippen LogP contribution in [0.5, 0.6) is 0 Å². The lowest BCUT2D eigenvalue weighted by atomic mass is 9.95. The molecule has 5 nitrogen and oxygen atoms in total. The lowest BCUT2D eigenvalue weighted by molar-refractivity contribution is -0.139. The van der Waals surface area contributed by atoms with Crippen LogP contribution in [0.3, 0.4) is 0 Å². The van der Waals surface area contributed by atoms with Gasteiger partial charge in [0.05, 0.1) is 18.2 Å². The van der Waals surface area contributed by atoms with E-state index in [1.165, 1.54) is 0 Å². The van der Waals surface area contributed by atoms with Gasteiger partial charge >= 0.3 is 12.0 Å². The number of amides is 2. The molecule has 6 heteroatoms. The fourth-order valence-electron chi connectivity index (χ4n) is 2.50. The second kappa shape index (κ2) is 8.02. The van der Waals surface area contributed by atoms with E-state index in [9.17, 15) is 9.59 Å². The van der Waals surface area contributed by atoms with E-state index in [0.717, 1.165) is 19.3 Å². The first-order valence-electron chi connectivity index (χ1n) is 7.74. The van der Waals surface area contributed by atoms with Gasteiger partial charge in [0.2, 0.25) is 0 Å². The quantitative estimate of drug-likeness (QED) is 0.614. The minimum atomic E-state index is -0.615. The van der Waals surface area contributed by atoms with Crippen LogP contribution in [0.1, 0.15) is 44.7 Å². The highest BCUT2D eigenvalue weighted by Gasteiger charge is 2.33. The first-order chi connectivity index (χ1) is 11.0. The molecule has 0 saturated carbocycles. The summed E-state index contributed by atoms with van der Waals surface area (Å²) in [6.45, 7) is 4.14. The maximum Gasteiger partial charge on any atom is 0.338 e. The van der Waals surface area contributed by atoms with Crippen molar-refractivity contribution >= 4 is 23.6 Å². The second-order valence-corrected chi connectivity index (χ2v) is 5.84. The van der Waals surface area contributed by atoms with E-state index in [1.54, 1.807) is 25.1 Å². The second-order valence-electron chi connectivity index (χ2n) is 5.43. The predicted molar refractivity (Wildman–Crippen MR) is 89.0 cm³/mol. The van der Waals surface area contributed by atoms with E-state index in [4.69, 9.17) is 16.3 Å². The molecule has 0 aliphatic carbocycles. The normalized spacial score (nSPS) is 17.5. The van der Waals surface area contributed by atoms with Crippen molar-refractivity contribution in [3.05, 3.63) is 46.1 Å². The lowest BCUT2D eigenvalue weighted by Crippen LogP contribution is -2.45. The van der Waals surface area contributed by atoms with Crippen molar-refractivity contribution in [3.8, 4) is 0 Å². The molecule has 1 aromatic carbocycles. The Hall–Kier alpha value is -2.01. The van der Waals surface area contributed by atoms with Crippen LogP contribution in [0, 0.1) is 0 Å². The maximum atomic E-state index is 12.5. The summed E-state index contributed by atoms with van der Waals surface area (Å²) in [6.07, 6.45) is 2.89. The molecule has 0 unspecified atom stereocenters. The molecule has 0 radical (unpaired) electrons. The monoisotopic (exact) mass is 336 g/mol. The van der Waals surface area contributed by atoms with Gasteiger partial charge in [-0.1, -0.05) is 49.6 Å². The topological polar surface area (TPSA) is 67.4 Å². The Morgan fingerprint density at radius 1 is 1.30 bits per heavy atom. The van der Waals surface area contributed by atoms with E-state index < -0.39 is 12.0 Å². The molecule has 23 heavy (non-hydrogen) atoms. The van der Waals surface area contributed by atoms with Gasteiger partial charge in [-0.3, -0.25) is 0 Å². The molecule has 1 aliphatic rings. The minimum absolute atomic E-state index is 0.366. The summed E-state index contributed by atoms with van der Waals surface area (Å²) < 4.78 is 5.35. The van der Waals surface area contributed by atoms with Crippen LogP contribution in [0.25, 0.3) is 0 Å². The fourth-order valence-corrected chi connectivity index (χ4v) is 2.75. The van der Waals surface area contributed by atoms with Gasteiger partial charge in [0, 0.05) is 10.7 Å². The number of unbranched alkanes of at least 4 members (excludes halogenated alkanes) is 2. The third-order valence-corrected chi connectivity index (χ3v) is 4.03. The highest BCUT2D eigenvalue weighted by atomic mass is 35.5. The Morgan fingerprint density at radius 3 is 2.74 bits per heavy atom. The zero-order chi connectivity index (χ0) is 16.8. The number of esters is 1. The highest BCUT2D eigenvalue weighted by molar-refractivity contribution is 6.31. The first kappa shape index (κ1) is 17.3. The summed E-state index contributed by atoms with van der Waals surface area (Å²) >= 11 is 6.22. The van der Waals surface area contributed by atoms with Gasteiger partial charge in [-0.05, 0) is 25.0 Å². The molecule has 0 bridgehead atoms. The van der Waals surface area contributed by atoms with E-state index in [0.29, 0.717) is 28.5 Å². The molecule has 2 amide bonds. The molecule has 1 heterocycles. The molecule has 2 rings (SSSR count). The number of urea groups is 1. The maximum absolute atomic E-state index is 12.5. The van der Waals surface area contributed by atoms with Crippen LogP contribution in [0.4, 0.5) is 4.79 Å². The molecular weight excluding hydrogens is 316 g/mol. The van der Waals surface area contributed by atoms with Gasteiger partial charge < -0.3 is 15.4 Å². The largest absolute Gasteiger partial charge is 0.462 e. The third kappa shape index (κ3) is 4.26. The molecule has 1 atom stereocenters. The predicted octanol–water partition coefficient (Wildman–Crippen LogP) is 3.70. The Kier molecular flexibility index (Phi) is 6.04. The zero-order valence-electron chi connectivity index (χ0n) is 13.3. The van der Waals surface area contributed by atoms with Crippen LogP contribution in [-0.4, -0.2) is 18.6 Å². The lowest BCUT2D eigenvalue weighted by Gasteiger charge is -2.28. The number of benzene rings is 1. The Labute approximate surface area is 141 Å². The number of halogens is 1. The van der Waals surface area contributed by atoms with Crippen molar-refractivity contribution in [3.63, 3.8) is 0 Å². The molecule has 2 N–H and O–H groups in total. The zero-order valence-corrected chi connectivity index (χ0v) is 14.1. The number of rotatable bonds is 6. The summed E-state index contributed by atoms with van der Waals surface area (Å²) in [4.78, 5) is 24.2. The molecule has 1 aliphatic heterocycles. The first-order valence-corrected chi connectivity index (χ1v) is 8.12. The Morgan fingerprint density at radius 2 is 2.04 bits per heavy atom. The summed E-state index contributed by atoms with van der Waals surface area (Å²) in [5, 5.41) is 5.85. The molecule has 0 saturated heterocycles. The number of hydrogen-bond acceptors (Lipinski definition) is 3. The van der Waals surface area contributed by atoms with E-state index in [1.807, 2.05) is 6.07 Å². The smallest absolute Gasteiger partial charge is 0.338 e. The molecular formula is C17H21ClN2O3. The molecule has 0 spiro atoms. The van der Waals surface area contributed by atoms with Crippen molar-refractivity contribution in [2.24, 2.45) is 0 Å². The van der Waals surface area contributed by atoms with Gasteiger partial charge in [-0.25, -0.2) is 9.59 Å². The molecule has 124 valence electrons.